The van der Waals surface area contributed by atoms with E-state index in [4.69, 9.17) is 5.73 Å². The zero-order chi connectivity index (χ0) is 13.4. The minimum Gasteiger partial charge on any atom is -0.355 e. The van der Waals surface area contributed by atoms with Gasteiger partial charge in [0, 0.05) is 25.7 Å². The van der Waals surface area contributed by atoms with Gasteiger partial charge in [0.25, 0.3) is 0 Å². The van der Waals surface area contributed by atoms with Crippen molar-refractivity contribution in [3.8, 4) is 0 Å². The second-order valence-corrected chi connectivity index (χ2v) is 5.29. The summed E-state index contributed by atoms with van der Waals surface area (Å²) in [5.74, 6) is 0.159. The number of carbonyl (C=O) groups is 1. The van der Waals surface area contributed by atoms with E-state index in [1.165, 1.54) is 32.1 Å². The quantitative estimate of drug-likeness (QED) is 0.614. The van der Waals surface area contributed by atoms with Crippen molar-refractivity contribution in [3.63, 3.8) is 0 Å². The van der Waals surface area contributed by atoms with E-state index in [9.17, 15) is 4.79 Å². The van der Waals surface area contributed by atoms with Gasteiger partial charge in [0.1, 0.15) is 0 Å². The molecular weight excluding hydrogens is 226 g/mol. The molecule has 18 heavy (non-hydrogen) atoms. The first kappa shape index (κ1) is 15.4. The van der Waals surface area contributed by atoms with Gasteiger partial charge in [-0.1, -0.05) is 26.2 Å². The average molecular weight is 255 g/mol. The molecule has 3 N–H and O–H groups in total. The van der Waals surface area contributed by atoms with Crippen LogP contribution in [0.3, 0.4) is 0 Å². The zero-order valence-electron chi connectivity index (χ0n) is 12.0. The van der Waals surface area contributed by atoms with Crippen LogP contribution >= 0.6 is 0 Å². The van der Waals surface area contributed by atoms with E-state index in [-0.39, 0.29) is 11.9 Å². The van der Waals surface area contributed by atoms with Gasteiger partial charge in [-0.2, -0.15) is 0 Å². The summed E-state index contributed by atoms with van der Waals surface area (Å²) in [4.78, 5) is 14.3. The molecule has 0 radical (unpaired) electrons. The van der Waals surface area contributed by atoms with Gasteiger partial charge in [-0.05, 0) is 26.2 Å². The summed E-state index contributed by atoms with van der Waals surface area (Å²) in [6, 6.07) is 0.533. The Labute approximate surface area is 111 Å². The number of unbranched alkanes of at least 4 members (excludes halogenated alkanes) is 2. The molecule has 0 aromatic heterocycles. The standard InChI is InChI=1S/C14H29N3O/c1-3-4-5-10-16-14(18)12(2)17(11-9-15)13-7-6-8-13/h12-13H,3-11,15H2,1-2H3,(H,16,18). The second kappa shape index (κ2) is 8.48. The van der Waals surface area contributed by atoms with Crippen LogP contribution in [0.15, 0.2) is 0 Å². The highest BCUT2D eigenvalue weighted by Crippen LogP contribution is 2.26. The predicted molar refractivity (Wildman–Crippen MR) is 75.4 cm³/mol. The number of rotatable bonds is 9. The minimum atomic E-state index is -0.0412. The molecule has 4 heteroatoms. The number of hydrogen-bond donors (Lipinski definition) is 2. The Hall–Kier alpha value is -0.610. The molecule has 0 bridgehead atoms. The highest BCUT2D eigenvalue weighted by molar-refractivity contribution is 5.81. The molecule has 0 spiro atoms. The summed E-state index contributed by atoms with van der Waals surface area (Å²) < 4.78 is 0. The first-order chi connectivity index (χ1) is 8.70. The third-order valence-electron chi connectivity index (χ3n) is 3.89. The molecule has 0 aromatic carbocycles. The molecule has 1 unspecified atom stereocenters. The van der Waals surface area contributed by atoms with Crippen molar-refractivity contribution in [2.75, 3.05) is 19.6 Å². The van der Waals surface area contributed by atoms with Crippen LogP contribution < -0.4 is 11.1 Å². The molecule has 0 heterocycles. The van der Waals surface area contributed by atoms with E-state index in [1.807, 2.05) is 6.92 Å². The van der Waals surface area contributed by atoms with Crippen LogP contribution in [0.4, 0.5) is 0 Å². The van der Waals surface area contributed by atoms with Crippen LogP contribution in [0, 0.1) is 0 Å². The van der Waals surface area contributed by atoms with Crippen molar-refractivity contribution in [2.45, 2.75) is 64.5 Å². The molecule has 1 fully saturated rings. The van der Waals surface area contributed by atoms with Crippen molar-refractivity contribution in [2.24, 2.45) is 5.73 Å². The lowest BCUT2D eigenvalue weighted by molar-refractivity contribution is -0.127. The third-order valence-corrected chi connectivity index (χ3v) is 3.89. The fourth-order valence-electron chi connectivity index (χ4n) is 2.44. The first-order valence-electron chi connectivity index (χ1n) is 7.44. The lowest BCUT2D eigenvalue weighted by Crippen LogP contribution is -2.53. The number of nitrogens with zero attached hydrogens (tertiary/aromatic N) is 1. The Morgan fingerprint density at radius 3 is 2.67 bits per heavy atom. The molecule has 0 aliphatic heterocycles. The van der Waals surface area contributed by atoms with Crippen LogP contribution in [0.1, 0.15) is 52.4 Å². The number of amides is 1. The van der Waals surface area contributed by atoms with Crippen molar-refractivity contribution < 1.29 is 4.79 Å². The minimum absolute atomic E-state index is 0.0412. The predicted octanol–water partition coefficient (Wildman–Crippen LogP) is 1.49. The Morgan fingerprint density at radius 2 is 2.17 bits per heavy atom. The Balaban J connectivity index is 2.33. The van der Waals surface area contributed by atoms with Gasteiger partial charge in [0.2, 0.25) is 5.91 Å². The van der Waals surface area contributed by atoms with Crippen molar-refractivity contribution in [3.05, 3.63) is 0 Å². The molecular formula is C14H29N3O. The molecule has 0 aromatic rings. The molecule has 4 nitrogen and oxygen atoms in total. The van der Waals surface area contributed by atoms with Gasteiger partial charge in [0.05, 0.1) is 6.04 Å². The molecule has 1 amide bonds. The van der Waals surface area contributed by atoms with Crippen molar-refractivity contribution in [1.82, 2.24) is 10.2 Å². The largest absolute Gasteiger partial charge is 0.355 e. The van der Waals surface area contributed by atoms with Gasteiger partial charge >= 0.3 is 0 Å². The van der Waals surface area contributed by atoms with Crippen LogP contribution in [0.5, 0.6) is 0 Å². The molecule has 1 aliphatic carbocycles. The fourth-order valence-corrected chi connectivity index (χ4v) is 2.44. The third kappa shape index (κ3) is 4.58. The Kier molecular flexibility index (Phi) is 7.28. The van der Waals surface area contributed by atoms with Crippen LogP contribution in [0.25, 0.3) is 0 Å². The van der Waals surface area contributed by atoms with Crippen LogP contribution in [-0.2, 0) is 4.79 Å². The zero-order valence-corrected chi connectivity index (χ0v) is 12.0. The monoisotopic (exact) mass is 255 g/mol. The maximum absolute atomic E-state index is 12.1. The van der Waals surface area contributed by atoms with E-state index in [0.29, 0.717) is 12.6 Å². The summed E-state index contributed by atoms with van der Waals surface area (Å²) in [7, 11) is 0. The molecule has 1 aliphatic rings. The molecule has 1 rings (SSSR count). The number of hydrogen-bond acceptors (Lipinski definition) is 3. The summed E-state index contributed by atoms with van der Waals surface area (Å²) in [6.07, 6.45) is 7.17. The Bertz CT molecular complexity index is 241. The van der Waals surface area contributed by atoms with Gasteiger partial charge < -0.3 is 11.1 Å². The van der Waals surface area contributed by atoms with E-state index in [0.717, 1.165) is 19.5 Å². The van der Waals surface area contributed by atoms with Gasteiger partial charge in [0.15, 0.2) is 0 Å². The van der Waals surface area contributed by atoms with Crippen LogP contribution in [0.2, 0.25) is 0 Å². The first-order valence-corrected chi connectivity index (χ1v) is 7.44. The fraction of sp³-hybridized carbons (Fsp3) is 0.929. The summed E-state index contributed by atoms with van der Waals surface area (Å²) >= 11 is 0. The lowest BCUT2D eigenvalue weighted by Gasteiger charge is -2.40. The molecule has 1 saturated carbocycles. The summed E-state index contributed by atoms with van der Waals surface area (Å²) in [6.45, 7) is 6.43. The normalized spacial score (nSPS) is 17.6. The van der Waals surface area contributed by atoms with E-state index in [1.54, 1.807) is 0 Å². The van der Waals surface area contributed by atoms with Gasteiger partial charge in [-0.15, -0.1) is 0 Å². The van der Waals surface area contributed by atoms with Crippen molar-refractivity contribution >= 4 is 5.91 Å². The summed E-state index contributed by atoms with van der Waals surface area (Å²) in [5.41, 5.74) is 5.65. The topological polar surface area (TPSA) is 58.4 Å². The Morgan fingerprint density at radius 1 is 1.44 bits per heavy atom. The molecule has 1 atom stereocenters. The molecule has 0 saturated heterocycles. The maximum Gasteiger partial charge on any atom is 0.237 e. The van der Waals surface area contributed by atoms with E-state index in [2.05, 4.69) is 17.1 Å². The van der Waals surface area contributed by atoms with Crippen LogP contribution in [-0.4, -0.2) is 42.5 Å². The maximum atomic E-state index is 12.1. The number of carbonyl (C=O) groups excluding carboxylic acids is 1. The van der Waals surface area contributed by atoms with Gasteiger partial charge in [-0.25, -0.2) is 0 Å². The molecule has 106 valence electrons. The van der Waals surface area contributed by atoms with E-state index < -0.39 is 0 Å². The average Bonchev–Trinajstić information content (AvgIpc) is 2.30. The van der Waals surface area contributed by atoms with Crippen molar-refractivity contribution in [1.29, 1.82) is 0 Å². The summed E-state index contributed by atoms with van der Waals surface area (Å²) in [5, 5.41) is 3.04. The SMILES string of the molecule is CCCCCNC(=O)C(C)N(CCN)C1CCC1. The highest BCUT2D eigenvalue weighted by atomic mass is 16.2. The number of nitrogens with one attached hydrogen (secondary N) is 1. The smallest absolute Gasteiger partial charge is 0.237 e. The second-order valence-electron chi connectivity index (χ2n) is 5.29. The van der Waals surface area contributed by atoms with E-state index >= 15 is 0 Å². The highest BCUT2D eigenvalue weighted by Gasteiger charge is 2.30. The number of nitrogens with two attached hydrogens (primary N) is 1. The van der Waals surface area contributed by atoms with Gasteiger partial charge in [-0.3, -0.25) is 9.69 Å². The lowest BCUT2D eigenvalue weighted by atomic mass is 9.90.